The van der Waals surface area contributed by atoms with Gasteiger partial charge in [0, 0.05) is 40.4 Å². The van der Waals surface area contributed by atoms with E-state index >= 15 is 0 Å². The summed E-state index contributed by atoms with van der Waals surface area (Å²) >= 11 is 3.43. The lowest BCUT2D eigenvalue weighted by atomic mass is 9.89. The molecule has 2 amide bonds. The van der Waals surface area contributed by atoms with Crippen LogP contribution in [0.5, 0.6) is 0 Å². The van der Waals surface area contributed by atoms with E-state index in [2.05, 4.69) is 21.2 Å². The van der Waals surface area contributed by atoms with Crippen LogP contribution in [0.1, 0.15) is 50.9 Å². The van der Waals surface area contributed by atoms with Crippen molar-refractivity contribution in [3.8, 4) is 0 Å². The average Bonchev–Trinajstić information content (AvgIpc) is 2.79. The Morgan fingerprint density at radius 3 is 2.45 bits per heavy atom. The molecular weight excluding hydrogens is 454 g/mol. The van der Waals surface area contributed by atoms with Crippen molar-refractivity contribution in [1.82, 2.24) is 9.88 Å². The second-order valence-corrected chi connectivity index (χ2v) is 8.70. The van der Waals surface area contributed by atoms with Crippen LogP contribution in [-0.2, 0) is 0 Å². The summed E-state index contributed by atoms with van der Waals surface area (Å²) in [4.78, 5) is 32.4. The number of halogens is 1. The van der Waals surface area contributed by atoms with E-state index in [9.17, 15) is 9.59 Å². The molecule has 1 aliphatic heterocycles. The quantitative estimate of drug-likeness (QED) is 0.545. The number of nitrogens with one attached hydrogen (secondary N) is 1. The summed E-state index contributed by atoms with van der Waals surface area (Å²) in [5, 5.41) is 2.96. The first-order valence-corrected chi connectivity index (χ1v) is 11.2. The van der Waals surface area contributed by atoms with Crippen molar-refractivity contribution >= 4 is 33.4 Å². The van der Waals surface area contributed by atoms with Gasteiger partial charge < -0.3 is 10.2 Å². The summed E-state index contributed by atoms with van der Waals surface area (Å²) in [5.41, 5.74) is 3.76. The number of hydrogen-bond acceptors (Lipinski definition) is 3. The zero-order chi connectivity index (χ0) is 21.8. The zero-order valence-corrected chi connectivity index (χ0v) is 18.9. The first kappa shape index (κ1) is 21.2. The Labute approximate surface area is 190 Å². The highest BCUT2D eigenvalue weighted by molar-refractivity contribution is 9.10. The fourth-order valence-corrected chi connectivity index (χ4v) is 4.36. The molecule has 0 aliphatic carbocycles. The fraction of sp³-hybridized carbons (Fsp3) is 0.240. The molecule has 2 heterocycles. The molecule has 5 nitrogen and oxygen atoms in total. The summed E-state index contributed by atoms with van der Waals surface area (Å²) < 4.78 is 0.895. The second kappa shape index (κ2) is 9.43. The van der Waals surface area contributed by atoms with Gasteiger partial charge in [0.25, 0.3) is 11.8 Å². The lowest BCUT2D eigenvalue weighted by molar-refractivity contribution is 0.0711. The van der Waals surface area contributed by atoms with Gasteiger partial charge in [-0.2, -0.15) is 0 Å². The number of anilines is 1. The Bertz CT molecular complexity index is 1090. The maximum absolute atomic E-state index is 13.0. The van der Waals surface area contributed by atoms with Gasteiger partial charge in [0.1, 0.15) is 0 Å². The summed E-state index contributed by atoms with van der Waals surface area (Å²) in [7, 11) is 0. The van der Waals surface area contributed by atoms with Crippen molar-refractivity contribution in [3.05, 3.63) is 93.7 Å². The maximum atomic E-state index is 13.0. The molecule has 3 aromatic rings. The maximum Gasteiger partial charge on any atom is 0.257 e. The molecule has 0 bridgehead atoms. The molecule has 1 saturated heterocycles. The Morgan fingerprint density at radius 1 is 1.00 bits per heavy atom. The van der Waals surface area contributed by atoms with E-state index in [1.807, 2.05) is 78.6 Å². The minimum absolute atomic E-state index is 0.0407. The highest BCUT2D eigenvalue weighted by Gasteiger charge is 2.28. The van der Waals surface area contributed by atoms with Crippen molar-refractivity contribution in [1.29, 1.82) is 0 Å². The van der Waals surface area contributed by atoms with Gasteiger partial charge in [-0.1, -0.05) is 40.2 Å². The number of aromatic nitrogens is 1. The lowest BCUT2D eigenvalue weighted by Gasteiger charge is -2.32. The van der Waals surface area contributed by atoms with Gasteiger partial charge in [0.2, 0.25) is 0 Å². The third-order valence-electron chi connectivity index (χ3n) is 5.58. The van der Waals surface area contributed by atoms with Crippen molar-refractivity contribution in [2.45, 2.75) is 25.7 Å². The van der Waals surface area contributed by atoms with Gasteiger partial charge in [0.15, 0.2) is 0 Å². The molecule has 158 valence electrons. The number of rotatable bonds is 4. The van der Waals surface area contributed by atoms with Crippen molar-refractivity contribution in [3.63, 3.8) is 0 Å². The van der Waals surface area contributed by atoms with Crippen LogP contribution >= 0.6 is 15.9 Å². The molecule has 0 saturated carbocycles. The standard InChI is InChI=1S/C25H24BrN3O2/c1-17-10-11-22(24(30)28-21-8-3-2-4-9-21)23(27-17)18-12-14-29(15-13-18)25(31)19-6-5-7-20(26)16-19/h2-11,16,18H,12-15H2,1H3,(H,28,30). The minimum atomic E-state index is -0.152. The monoisotopic (exact) mass is 477 g/mol. The summed E-state index contributed by atoms with van der Waals surface area (Å²) in [6.45, 7) is 3.23. The molecule has 4 rings (SSSR count). The molecule has 1 aromatic heterocycles. The Balaban J connectivity index is 1.48. The fourth-order valence-electron chi connectivity index (χ4n) is 3.96. The van der Waals surface area contributed by atoms with E-state index in [-0.39, 0.29) is 17.7 Å². The number of nitrogens with zero attached hydrogens (tertiary/aromatic N) is 2. The molecule has 0 atom stereocenters. The molecular formula is C25H24BrN3O2. The molecule has 2 aromatic carbocycles. The van der Waals surface area contributed by atoms with Crippen LogP contribution in [0.25, 0.3) is 0 Å². The predicted molar refractivity (Wildman–Crippen MR) is 125 cm³/mol. The summed E-state index contributed by atoms with van der Waals surface area (Å²) in [6, 6.07) is 20.6. The first-order valence-electron chi connectivity index (χ1n) is 10.4. The number of hydrogen-bond donors (Lipinski definition) is 1. The van der Waals surface area contributed by atoms with Crippen LogP contribution in [0.4, 0.5) is 5.69 Å². The van der Waals surface area contributed by atoms with Gasteiger partial charge >= 0.3 is 0 Å². The molecule has 0 radical (unpaired) electrons. The smallest absolute Gasteiger partial charge is 0.257 e. The van der Waals surface area contributed by atoms with Crippen LogP contribution in [0.15, 0.2) is 71.2 Å². The van der Waals surface area contributed by atoms with Gasteiger partial charge in [0.05, 0.1) is 11.3 Å². The number of piperidine rings is 1. The number of carbonyl (C=O) groups excluding carboxylic acids is 2. The summed E-state index contributed by atoms with van der Waals surface area (Å²) in [6.07, 6.45) is 1.56. The van der Waals surface area contributed by atoms with E-state index in [0.717, 1.165) is 34.4 Å². The number of likely N-dealkylation sites (tertiary alicyclic amines) is 1. The van der Waals surface area contributed by atoms with E-state index in [0.29, 0.717) is 24.2 Å². The van der Waals surface area contributed by atoms with E-state index in [1.54, 1.807) is 0 Å². The van der Waals surface area contributed by atoms with E-state index in [1.165, 1.54) is 0 Å². The molecule has 1 aliphatic rings. The Kier molecular flexibility index (Phi) is 6.47. The minimum Gasteiger partial charge on any atom is -0.339 e. The van der Waals surface area contributed by atoms with E-state index in [4.69, 9.17) is 4.98 Å². The predicted octanol–water partition coefficient (Wildman–Crippen LogP) is 5.42. The third-order valence-corrected chi connectivity index (χ3v) is 6.07. The lowest BCUT2D eigenvalue weighted by Crippen LogP contribution is -2.38. The van der Waals surface area contributed by atoms with Crippen molar-refractivity contribution < 1.29 is 9.59 Å². The highest BCUT2D eigenvalue weighted by Crippen LogP contribution is 2.30. The normalized spacial score (nSPS) is 14.3. The SMILES string of the molecule is Cc1ccc(C(=O)Nc2ccccc2)c(C2CCN(C(=O)c3cccc(Br)c3)CC2)n1. The van der Waals surface area contributed by atoms with Crippen LogP contribution in [0.3, 0.4) is 0 Å². The second-order valence-electron chi connectivity index (χ2n) is 7.78. The van der Waals surface area contributed by atoms with Crippen molar-refractivity contribution in [2.75, 3.05) is 18.4 Å². The molecule has 31 heavy (non-hydrogen) atoms. The number of aryl methyl sites for hydroxylation is 1. The van der Waals surface area contributed by atoms with Gasteiger partial charge in [-0.3, -0.25) is 14.6 Å². The Morgan fingerprint density at radius 2 is 1.74 bits per heavy atom. The number of para-hydroxylation sites is 1. The molecule has 1 N–H and O–H groups in total. The van der Waals surface area contributed by atoms with Crippen LogP contribution < -0.4 is 5.32 Å². The topological polar surface area (TPSA) is 62.3 Å². The molecule has 6 heteroatoms. The van der Waals surface area contributed by atoms with Crippen LogP contribution in [-0.4, -0.2) is 34.8 Å². The zero-order valence-electron chi connectivity index (χ0n) is 17.3. The Hall–Kier alpha value is -2.99. The third kappa shape index (κ3) is 5.02. The molecule has 0 unspecified atom stereocenters. The van der Waals surface area contributed by atoms with Crippen LogP contribution in [0.2, 0.25) is 0 Å². The largest absolute Gasteiger partial charge is 0.339 e. The van der Waals surface area contributed by atoms with E-state index < -0.39 is 0 Å². The molecule has 0 spiro atoms. The first-order chi connectivity index (χ1) is 15.0. The number of amides is 2. The van der Waals surface area contributed by atoms with Crippen molar-refractivity contribution in [2.24, 2.45) is 0 Å². The summed E-state index contributed by atoms with van der Waals surface area (Å²) in [5.74, 6) is 0.0309. The highest BCUT2D eigenvalue weighted by atomic mass is 79.9. The van der Waals surface area contributed by atoms with Gasteiger partial charge in [-0.25, -0.2) is 0 Å². The van der Waals surface area contributed by atoms with Gasteiger partial charge in [-0.15, -0.1) is 0 Å². The van der Waals surface area contributed by atoms with Gasteiger partial charge in [-0.05, 0) is 62.2 Å². The number of benzene rings is 2. The molecule has 1 fully saturated rings. The number of pyridine rings is 1. The number of carbonyl (C=O) groups is 2. The van der Waals surface area contributed by atoms with Crippen LogP contribution in [0, 0.1) is 6.92 Å². The average molecular weight is 478 g/mol.